The molecule has 0 unspecified atom stereocenters. The van der Waals surface area contributed by atoms with Crippen LogP contribution < -0.4 is 14.7 Å². The van der Waals surface area contributed by atoms with E-state index < -0.39 is 0 Å². The van der Waals surface area contributed by atoms with Crippen LogP contribution in [0.5, 0.6) is 0 Å². The summed E-state index contributed by atoms with van der Waals surface area (Å²) >= 11 is 7.46. The Morgan fingerprint density at radius 3 is 1.33 bits per heavy atom. The quantitative estimate of drug-likeness (QED) is 0.144. The lowest BCUT2D eigenvalue weighted by molar-refractivity contribution is 0.660. The van der Waals surface area contributed by atoms with Crippen molar-refractivity contribution in [1.29, 1.82) is 0 Å². The van der Waals surface area contributed by atoms with Gasteiger partial charge in [-0.25, -0.2) is 0 Å². The molecule has 4 nitrogen and oxygen atoms in total. The van der Waals surface area contributed by atoms with E-state index in [2.05, 4.69) is 285 Å². The summed E-state index contributed by atoms with van der Waals surface area (Å²) in [6.07, 6.45) is 0. The zero-order valence-electron chi connectivity index (χ0n) is 42.2. The largest absolute Gasteiger partial charge is 0.452 e. The zero-order chi connectivity index (χ0) is 50.6. The van der Waals surface area contributed by atoms with Crippen molar-refractivity contribution in [1.82, 2.24) is 0 Å². The van der Waals surface area contributed by atoms with Crippen LogP contribution in [0.4, 0.5) is 51.2 Å². The molecule has 5 heteroatoms. The topological polar surface area (TPSA) is 22.9 Å². The standard InChI is InChI=1S/C70H52ClN3O/c1-69(2)60-32-18-16-30-54(60)56-37-35-50(42-62(56)69)72(51-36-38-57-55-31-17-19-33-61(55)70(3,4)63(57)43-51)52-41-59-58-39-46(71)40-65(74(49-27-12-7-13-28-49)64-34-20-22-45-21-14-15-29-53(45)64)67(58)75-68(59)66(44-52)73(47-23-8-5-9-24-47)48-25-10-6-11-26-48/h5-44H,1-4H3. The molecule has 14 rings (SSSR count). The Morgan fingerprint density at radius 2 is 0.760 bits per heavy atom. The maximum absolute atomic E-state index is 7.56. The molecule has 1 heterocycles. The first kappa shape index (κ1) is 44.8. The van der Waals surface area contributed by atoms with Crippen molar-refractivity contribution in [3.8, 4) is 22.3 Å². The molecule has 360 valence electrons. The minimum atomic E-state index is -0.218. The van der Waals surface area contributed by atoms with Crippen molar-refractivity contribution in [2.45, 2.75) is 38.5 Å². The molecule has 11 aromatic carbocycles. The third-order valence-electron chi connectivity index (χ3n) is 16.0. The number of para-hydroxylation sites is 3. The number of fused-ring (bicyclic) bond motifs is 10. The van der Waals surface area contributed by atoms with E-state index in [0.717, 1.165) is 83.9 Å². The highest BCUT2D eigenvalue weighted by atomic mass is 35.5. The fraction of sp³-hybridized carbons (Fsp3) is 0.0857. The number of anilines is 9. The highest BCUT2D eigenvalue weighted by Gasteiger charge is 2.38. The Bertz CT molecular complexity index is 4070. The van der Waals surface area contributed by atoms with Gasteiger partial charge in [0.25, 0.3) is 0 Å². The summed E-state index contributed by atoms with van der Waals surface area (Å²) in [4.78, 5) is 7.09. The van der Waals surface area contributed by atoms with Crippen LogP contribution >= 0.6 is 11.6 Å². The molecule has 0 amide bonds. The number of hydrogen-bond acceptors (Lipinski definition) is 4. The summed E-state index contributed by atoms with van der Waals surface area (Å²) in [5.41, 5.74) is 20.3. The summed E-state index contributed by atoms with van der Waals surface area (Å²) < 4.78 is 7.56. The molecule has 0 saturated heterocycles. The predicted molar refractivity (Wildman–Crippen MR) is 315 cm³/mol. The van der Waals surface area contributed by atoms with Crippen molar-refractivity contribution in [2.75, 3.05) is 14.7 Å². The Balaban J connectivity index is 1.08. The third-order valence-corrected chi connectivity index (χ3v) is 16.2. The smallest absolute Gasteiger partial charge is 0.159 e. The van der Waals surface area contributed by atoms with Gasteiger partial charge in [0.05, 0.1) is 17.1 Å². The van der Waals surface area contributed by atoms with E-state index in [4.69, 9.17) is 16.0 Å². The number of hydrogen-bond donors (Lipinski definition) is 0. The van der Waals surface area contributed by atoms with Crippen molar-refractivity contribution in [2.24, 2.45) is 0 Å². The Morgan fingerprint density at radius 1 is 0.307 bits per heavy atom. The van der Waals surface area contributed by atoms with Crippen molar-refractivity contribution in [3.05, 3.63) is 270 Å². The maximum Gasteiger partial charge on any atom is 0.159 e. The molecule has 0 spiro atoms. The minimum Gasteiger partial charge on any atom is -0.452 e. The Labute approximate surface area is 442 Å². The number of halogens is 1. The van der Waals surface area contributed by atoms with Gasteiger partial charge < -0.3 is 19.1 Å². The first-order valence-corrected chi connectivity index (χ1v) is 26.2. The van der Waals surface area contributed by atoms with Gasteiger partial charge in [-0.2, -0.15) is 0 Å². The van der Waals surface area contributed by atoms with Gasteiger partial charge in [0.15, 0.2) is 11.2 Å². The summed E-state index contributed by atoms with van der Waals surface area (Å²) in [6, 6.07) is 87.5. The van der Waals surface area contributed by atoms with Crippen LogP contribution in [0.25, 0.3) is 55.0 Å². The van der Waals surface area contributed by atoms with E-state index in [1.807, 2.05) is 0 Å². The summed E-state index contributed by atoms with van der Waals surface area (Å²) in [7, 11) is 0. The van der Waals surface area contributed by atoms with E-state index in [1.165, 1.54) is 44.5 Å². The zero-order valence-corrected chi connectivity index (χ0v) is 43.0. The molecule has 0 aliphatic heterocycles. The van der Waals surface area contributed by atoms with Gasteiger partial charge in [-0.15, -0.1) is 0 Å². The summed E-state index contributed by atoms with van der Waals surface area (Å²) in [5.74, 6) is 0. The second-order valence-corrected chi connectivity index (χ2v) is 21.5. The highest BCUT2D eigenvalue weighted by molar-refractivity contribution is 6.33. The molecule has 0 bridgehead atoms. The van der Waals surface area contributed by atoms with E-state index in [1.54, 1.807) is 0 Å². The SMILES string of the molecule is CC1(C)c2ccccc2-c2ccc(N(c3ccc4c(c3)C(C)(C)c3ccccc3-4)c3cc(N(c4ccccc4)c4ccccc4)c4oc5c(N(c6ccccc6)c6cccc7ccccc67)cc(Cl)cc5c4c3)cc21. The molecule has 12 aromatic rings. The van der Waals surface area contributed by atoms with Gasteiger partial charge in [0, 0.05) is 66.1 Å². The fourth-order valence-electron chi connectivity index (χ4n) is 12.4. The highest BCUT2D eigenvalue weighted by Crippen LogP contribution is 2.55. The molecule has 0 N–H and O–H groups in total. The number of benzene rings is 11. The molecule has 1 aromatic heterocycles. The van der Waals surface area contributed by atoms with Crippen LogP contribution in [0.15, 0.2) is 247 Å². The number of nitrogens with zero attached hydrogens (tertiary/aromatic N) is 3. The van der Waals surface area contributed by atoms with Crippen LogP contribution in [-0.2, 0) is 10.8 Å². The van der Waals surface area contributed by atoms with Gasteiger partial charge in [-0.05, 0) is 141 Å². The van der Waals surface area contributed by atoms with E-state index in [9.17, 15) is 0 Å². The molecule has 0 radical (unpaired) electrons. The lowest BCUT2D eigenvalue weighted by Gasteiger charge is -2.31. The molecule has 2 aliphatic rings. The monoisotopic (exact) mass is 985 g/mol. The van der Waals surface area contributed by atoms with Gasteiger partial charge in [-0.1, -0.05) is 191 Å². The first-order valence-electron chi connectivity index (χ1n) is 25.9. The maximum atomic E-state index is 7.56. The molecule has 0 fully saturated rings. The average molecular weight is 987 g/mol. The van der Waals surface area contributed by atoms with Gasteiger partial charge in [0.2, 0.25) is 0 Å². The molecule has 0 saturated carbocycles. The van der Waals surface area contributed by atoms with E-state index >= 15 is 0 Å². The molecule has 75 heavy (non-hydrogen) atoms. The van der Waals surface area contributed by atoms with E-state index in [0.29, 0.717) is 5.02 Å². The second-order valence-electron chi connectivity index (χ2n) is 21.1. The van der Waals surface area contributed by atoms with Crippen LogP contribution in [-0.4, -0.2) is 0 Å². The fourth-order valence-corrected chi connectivity index (χ4v) is 12.6. The summed E-state index contributed by atoms with van der Waals surface area (Å²) in [6.45, 7) is 9.44. The minimum absolute atomic E-state index is 0.218. The molecular formula is C70H52ClN3O. The second kappa shape index (κ2) is 17.1. The number of furan rings is 1. The lowest BCUT2D eigenvalue weighted by atomic mass is 9.82. The van der Waals surface area contributed by atoms with Gasteiger partial charge in [0.1, 0.15) is 0 Å². The summed E-state index contributed by atoms with van der Waals surface area (Å²) in [5, 5.41) is 4.72. The van der Waals surface area contributed by atoms with Crippen molar-refractivity contribution in [3.63, 3.8) is 0 Å². The Kier molecular flexibility index (Phi) is 10.2. The average Bonchev–Trinajstić information content (AvgIpc) is 4.04. The van der Waals surface area contributed by atoms with Crippen LogP contribution in [0.1, 0.15) is 49.9 Å². The first-order chi connectivity index (χ1) is 36.6. The van der Waals surface area contributed by atoms with Crippen LogP contribution in [0.2, 0.25) is 5.02 Å². The van der Waals surface area contributed by atoms with Crippen LogP contribution in [0, 0.1) is 0 Å². The Hall–Kier alpha value is -8.83. The number of rotatable bonds is 9. The van der Waals surface area contributed by atoms with E-state index in [-0.39, 0.29) is 10.8 Å². The third kappa shape index (κ3) is 7.04. The van der Waals surface area contributed by atoms with Crippen molar-refractivity contribution < 1.29 is 4.42 Å². The molecular weight excluding hydrogens is 934 g/mol. The normalized spacial score (nSPS) is 13.6. The van der Waals surface area contributed by atoms with Gasteiger partial charge >= 0.3 is 0 Å². The molecule has 0 atom stereocenters. The lowest BCUT2D eigenvalue weighted by Crippen LogP contribution is -2.18. The van der Waals surface area contributed by atoms with Crippen LogP contribution in [0.3, 0.4) is 0 Å². The van der Waals surface area contributed by atoms with Crippen molar-refractivity contribution >= 4 is 95.5 Å². The molecule has 2 aliphatic carbocycles. The predicted octanol–water partition coefficient (Wildman–Crippen LogP) is 20.4. The van der Waals surface area contributed by atoms with Gasteiger partial charge in [-0.3, -0.25) is 0 Å².